The second kappa shape index (κ2) is 15.2. The van der Waals surface area contributed by atoms with Crippen LogP contribution in [0.1, 0.15) is 11.1 Å². The Labute approximate surface area is 324 Å². The minimum Gasteiger partial charge on any atom is -0.497 e. The molecule has 0 saturated heterocycles. The minimum atomic E-state index is -0.629. The Kier molecular flexibility index (Phi) is 9.69. The highest BCUT2D eigenvalue weighted by atomic mass is 16.5. The van der Waals surface area contributed by atoms with Crippen LogP contribution >= 0.6 is 0 Å². The SMILES string of the molecule is COc1ccc(N(c2ccc(OC)cc2)c2ccc(-c3cc4c(=O)oc(-c5ccc(N(c6ccc(C)cc6)c6ccc(C)cc6)cc5)cc4c(=O)o3)cc2)cc1. The summed E-state index contributed by atoms with van der Waals surface area (Å²) in [5.74, 6) is 2.02. The van der Waals surface area contributed by atoms with Gasteiger partial charge in [-0.2, -0.15) is 0 Å². The first-order valence-electron chi connectivity index (χ1n) is 18.1. The van der Waals surface area contributed by atoms with Gasteiger partial charge in [-0.25, -0.2) is 9.59 Å². The van der Waals surface area contributed by atoms with Crippen molar-refractivity contribution in [3.05, 3.63) is 190 Å². The number of benzene rings is 6. The van der Waals surface area contributed by atoms with Gasteiger partial charge >= 0.3 is 11.3 Å². The molecule has 0 spiro atoms. The molecule has 0 bridgehead atoms. The number of ether oxygens (including phenoxy) is 2. The molecule has 8 nitrogen and oxygen atoms in total. The van der Waals surface area contributed by atoms with E-state index < -0.39 is 11.3 Å². The molecule has 0 amide bonds. The van der Waals surface area contributed by atoms with Crippen LogP contribution in [0.25, 0.3) is 33.4 Å². The maximum atomic E-state index is 13.5. The van der Waals surface area contributed by atoms with Crippen LogP contribution in [0.3, 0.4) is 0 Å². The number of hydrogen-bond acceptors (Lipinski definition) is 8. The highest BCUT2D eigenvalue weighted by molar-refractivity contribution is 5.87. The molecule has 2 aromatic heterocycles. The van der Waals surface area contributed by atoms with E-state index in [0.717, 1.165) is 45.6 Å². The van der Waals surface area contributed by atoms with Crippen LogP contribution in [0.15, 0.2) is 176 Å². The van der Waals surface area contributed by atoms with Crippen molar-refractivity contribution >= 4 is 44.9 Å². The first-order valence-corrected chi connectivity index (χ1v) is 18.1. The molecular formula is C48H38N2O6. The molecule has 8 heteroatoms. The average molecular weight is 739 g/mol. The normalized spacial score (nSPS) is 11.0. The van der Waals surface area contributed by atoms with Gasteiger partial charge in [-0.15, -0.1) is 0 Å². The van der Waals surface area contributed by atoms with Gasteiger partial charge in [0.05, 0.1) is 25.0 Å². The van der Waals surface area contributed by atoms with Gasteiger partial charge < -0.3 is 28.1 Å². The zero-order valence-corrected chi connectivity index (χ0v) is 31.4. The zero-order valence-electron chi connectivity index (χ0n) is 31.4. The first kappa shape index (κ1) is 35.7. The Morgan fingerprint density at radius 1 is 0.393 bits per heavy atom. The van der Waals surface area contributed by atoms with E-state index in [1.54, 1.807) is 26.4 Å². The standard InChI is InChI=1S/C48H38N2O6/c1-31-5-13-35(14-6-31)49(36-15-7-32(2)8-16-36)37-17-9-33(10-18-37)45-29-43-44(47(51)55-45)30-46(56-48(43)52)34-11-19-38(20-12-34)50(39-21-25-41(53-3)26-22-39)40-23-27-42(54-4)28-24-40/h5-30H,1-4H3. The predicted octanol–water partition coefficient (Wildman–Crippen LogP) is 11.7. The molecule has 0 aliphatic heterocycles. The van der Waals surface area contributed by atoms with E-state index in [1.165, 1.54) is 11.1 Å². The number of rotatable bonds is 10. The minimum absolute atomic E-state index is 0.142. The van der Waals surface area contributed by atoms with Crippen LogP contribution in [0.4, 0.5) is 34.1 Å². The maximum absolute atomic E-state index is 13.5. The Balaban J connectivity index is 1.10. The van der Waals surface area contributed by atoms with Crippen molar-refractivity contribution in [2.75, 3.05) is 24.0 Å². The van der Waals surface area contributed by atoms with Crippen LogP contribution in [-0.2, 0) is 0 Å². The molecule has 0 saturated carbocycles. The Morgan fingerprint density at radius 2 is 0.661 bits per heavy atom. The van der Waals surface area contributed by atoms with E-state index in [-0.39, 0.29) is 22.3 Å². The highest BCUT2D eigenvalue weighted by Gasteiger charge is 2.18. The summed E-state index contributed by atoms with van der Waals surface area (Å²) in [6.07, 6.45) is 0. The average Bonchev–Trinajstić information content (AvgIpc) is 3.23. The summed E-state index contributed by atoms with van der Waals surface area (Å²) in [5, 5.41) is 0.288. The molecule has 6 aromatic carbocycles. The first-order chi connectivity index (χ1) is 27.3. The Morgan fingerprint density at radius 3 is 0.946 bits per heavy atom. The molecule has 56 heavy (non-hydrogen) atoms. The quantitative estimate of drug-likeness (QED) is 0.137. The summed E-state index contributed by atoms with van der Waals surface area (Å²) < 4.78 is 22.4. The van der Waals surface area contributed by atoms with Gasteiger partial charge in [0.2, 0.25) is 0 Å². The predicted molar refractivity (Wildman–Crippen MR) is 224 cm³/mol. The van der Waals surface area contributed by atoms with Gasteiger partial charge in [0.25, 0.3) is 0 Å². The fraction of sp³-hybridized carbons (Fsp3) is 0.0833. The smallest absolute Gasteiger partial charge is 0.344 e. The van der Waals surface area contributed by atoms with Crippen LogP contribution in [-0.4, -0.2) is 14.2 Å². The third kappa shape index (κ3) is 7.15. The Hall–Kier alpha value is -7.32. The van der Waals surface area contributed by atoms with Crippen molar-refractivity contribution in [3.63, 3.8) is 0 Å². The fourth-order valence-corrected chi connectivity index (χ4v) is 6.70. The van der Waals surface area contributed by atoms with Crippen LogP contribution in [0.2, 0.25) is 0 Å². The van der Waals surface area contributed by atoms with E-state index >= 15 is 0 Å². The lowest BCUT2D eigenvalue weighted by Gasteiger charge is -2.26. The van der Waals surface area contributed by atoms with Gasteiger partial charge in [-0.05, 0) is 147 Å². The lowest BCUT2D eigenvalue weighted by molar-refractivity contribution is 0.415. The fourth-order valence-electron chi connectivity index (χ4n) is 6.70. The van der Waals surface area contributed by atoms with E-state index in [4.69, 9.17) is 18.3 Å². The maximum Gasteiger partial charge on any atom is 0.344 e. The largest absolute Gasteiger partial charge is 0.497 e. The lowest BCUT2D eigenvalue weighted by Crippen LogP contribution is -2.10. The summed E-state index contributed by atoms with van der Waals surface area (Å²) in [6.45, 7) is 4.13. The van der Waals surface area contributed by atoms with Crippen molar-refractivity contribution in [1.29, 1.82) is 0 Å². The van der Waals surface area contributed by atoms with E-state index in [0.29, 0.717) is 11.1 Å². The van der Waals surface area contributed by atoms with Gasteiger partial charge in [0.1, 0.15) is 23.0 Å². The lowest BCUT2D eigenvalue weighted by atomic mass is 10.1. The molecule has 0 radical (unpaired) electrons. The molecule has 0 atom stereocenters. The summed E-state index contributed by atoms with van der Waals surface area (Å²) in [4.78, 5) is 31.2. The monoisotopic (exact) mass is 738 g/mol. The van der Waals surface area contributed by atoms with Crippen LogP contribution in [0.5, 0.6) is 11.5 Å². The summed E-state index contributed by atoms with van der Waals surface area (Å²) >= 11 is 0. The van der Waals surface area contributed by atoms with E-state index in [1.807, 2.05) is 97.1 Å². The molecule has 0 aliphatic rings. The molecule has 276 valence electrons. The van der Waals surface area contributed by atoms with Crippen molar-refractivity contribution in [1.82, 2.24) is 0 Å². The zero-order chi connectivity index (χ0) is 38.8. The molecule has 0 unspecified atom stereocenters. The topological polar surface area (TPSA) is 85.4 Å². The number of hydrogen-bond donors (Lipinski definition) is 0. The number of fused-ring (bicyclic) bond motifs is 1. The Bertz CT molecular complexity index is 2640. The van der Waals surface area contributed by atoms with Gasteiger partial charge in [0, 0.05) is 45.3 Å². The summed E-state index contributed by atoms with van der Waals surface area (Å²) in [5.41, 5.74) is 8.02. The third-order valence-electron chi connectivity index (χ3n) is 9.75. The molecule has 8 aromatic rings. The van der Waals surface area contributed by atoms with Crippen molar-refractivity contribution in [2.45, 2.75) is 13.8 Å². The van der Waals surface area contributed by atoms with E-state index in [2.05, 4.69) is 72.2 Å². The second-order valence-electron chi connectivity index (χ2n) is 13.5. The molecular weight excluding hydrogens is 701 g/mol. The molecule has 0 N–H and O–H groups in total. The van der Waals surface area contributed by atoms with E-state index in [9.17, 15) is 9.59 Å². The van der Waals surface area contributed by atoms with Gasteiger partial charge in [-0.3, -0.25) is 0 Å². The summed E-state index contributed by atoms with van der Waals surface area (Å²) in [7, 11) is 3.27. The number of nitrogens with zero attached hydrogens (tertiary/aromatic N) is 2. The second-order valence-corrected chi connectivity index (χ2v) is 13.5. The summed E-state index contributed by atoms with van der Waals surface area (Å²) in [6, 6.07) is 50.7. The van der Waals surface area contributed by atoms with Crippen LogP contribution in [0, 0.1) is 13.8 Å². The molecule has 0 aliphatic carbocycles. The highest BCUT2D eigenvalue weighted by Crippen LogP contribution is 2.38. The van der Waals surface area contributed by atoms with Crippen molar-refractivity contribution in [2.24, 2.45) is 0 Å². The van der Waals surface area contributed by atoms with Crippen molar-refractivity contribution < 1.29 is 18.3 Å². The molecule has 2 heterocycles. The number of anilines is 6. The number of methoxy groups -OCH3 is 2. The van der Waals surface area contributed by atoms with Gasteiger partial charge in [-0.1, -0.05) is 35.4 Å². The molecule has 0 fully saturated rings. The van der Waals surface area contributed by atoms with Gasteiger partial charge in [0.15, 0.2) is 0 Å². The molecule has 8 rings (SSSR count). The number of aryl methyl sites for hydroxylation is 2. The van der Waals surface area contributed by atoms with Crippen LogP contribution < -0.4 is 30.5 Å². The van der Waals surface area contributed by atoms with Crippen molar-refractivity contribution in [3.8, 4) is 34.1 Å². The third-order valence-corrected chi connectivity index (χ3v) is 9.75.